The molecule has 1 aromatic carbocycles. The number of carbonyl (C=O) groups is 2. The molecule has 2 rings (SSSR count). The van der Waals surface area contributed by atoms with Gasteiger partial charge in [-0.15, -0.1) is 5.10 Å². The summed E-state index contributed by atoms with van der Waals surface area (Å²) in [6.45, 7) is 1.73. The standard InChI is InChI=1S/C14H15FN4O2S/c1-8(9-3-5-10(15)6-4-9)18-19-14-17-12(20)7-11(22-14)13(21)16-2/h3-6,11H,7H2,1-2H3,(H,16,21)(H,17,19,20)/b18-8-/t11-/m0/s1. The summed E-state index contributed by atoms with van der Waals surface area (Å²) >= 11 is 1.15. The number of halogens is 1. The highest BCUT2D eigenvalue weighted by Crippen LogP contribution is 2.20. The van der Waals surface area contributed by atoms with Crippen molar-refractivity contribution in [2.75, 3.05) is 7.05 Å². The lowest BCUT2D eigenvalue weighted by atomic mass is 10.1. The van der Waals surface area contributed by atoms with E-state index in [2.05, 4.69) is 20.8 Å². The minimum absolute atomic E-state index is 0.101. The molecule has 0 spiro atoms. The minimum Gasteiger partial charge on any atom is -0.358 e. The number of amides is 2. The first-order valence-corrected chi connectivity index (χ1v) is 7.44. The van der Waals surface area contributed by atoms with Crippen molar-refractivity contribution in [3.8, 4) is 0 Å². The fourth-order valence-corrected chi connectivity index (χ4v) is 2.76. The molecule has 1 heterocycles. The Bertz CT molecular complexity index is 643. The summed E-state index contributed by atoms with van der Waals surface area (Å²) in [6.07, 6.45) is 0.101. The average Bonchev–Trinajstić information content (AvgIpc) is 2.52. The van der Waals surface area contributed by atoms with Gasteiger partial charge in [0.1, 0.15) is 5.82 Å². The molecule has 1 aliphatic heterocycles. The summed E-state index contributed by atoms with van der Waals surface area (Å²) in [5.74, 6) is -0.834. The number of hydrogen-bond acceptors (Lipinski definition) is 5. The van der Waals surface area contributed by atoms with Gasteiger partial charge in [0.15, 0.2) is 5.17 Å². The summed E-state index contributed by atoms with van der Waals surface area (Å²) in [7, 11) is 1.52. The third-order valence-electron chi connectivity index (χ3n) is 2.96. The topological polar surface area (TPSA) is 82.9 Å². The van der Waals surface area contributed by atoms with Crippen molar-refractivity contribution in [3.05, 3.63) is 35.6 Å². The molecule has 1 atom stereocenters. The average molecular weight is 322 g/mol. The summed E-state index contributed by atoms with van der Waals surface area (Å²) < 4.78 is 12.9. The molecular formula is C14H15FN4O2S. The number of nitrogens with zero attached hydrogens (tertiary/aromatic N) is 2. The third kappa shape index (κ3) is 4.14. The molecule has 1 fully saturated rings. The number of amidine groups is 1. The van der Waals surface area contributed by atoms with Crippen molar-refractivity contribution >= 4 is 34.5 Å². The van der Waals surface area contributed by atoms with Crippen molar-refractivity contribution in [3.63, 3.8) is 0 Å². The lowest BCUT2D eigenvalue weighted by Gasteiger charge is -2.20. The molecule has 0 radical (unpaired) electrons. The van der Waals surface area contributed by atoms with E-state index in [0.29, 0.717) is 5.71 Å². The van der Waals surface area contributed by atoms with Crippen LogP contribution in [0.3, 0.4) is 0 Å². The molecule has 8 heteroatoms. The molecule has 6 nitrogen and oxygen atoms in total. The molecule has 0 aromatic heterocycles. The zero-order valence-corrected chi connectivity index (χ0v) is 12.9. The second-order valence-electron chi connectivity index (χ2n) is 4.57. The van der Waals surface area contributed by atoms with E-state index < -0.39 is 5.25 Å². The van der Waals surface area contributed by atoms with E-state index >= 15 is 0 Å². The predicted molar refractivity (Wildman–Crippen MR) is 84.3 cm³/mol. The Kier molecular flexibility index (Phi) is 5.26. The molecule has 0 unspecified atom stereocenters. The molecule has 1 aromatic rings. The van der Waals surface area contributed by atoms with Crippen LogP contribution in [0.2, 0.25) is 0 Å². The molecule has 1 aliphatic rings. The van der Waals surface area contributed by atoms with Crippen LogP contribution in [0.1, 0.15) is 18.9 Å². The molecule has 0 bridgehead atoms. The first-order chi connectivity index (χ1) is 10.5. The first-order valence-electron chi connectivity index (χ1n) is 6.56. The molecule has 22 heavy (non-hydrogen) atoms. The van der Waals surface area contributed by atoms with Gasteiger partial charge in [0, 0.05) is 13.5 Å². The van der Waals surface area contributed by atoms with Gasteiger partial charge in [-0.2, -0.15) is 5.10 Å². The Hall–Kier alpha value is -2.22. The Morgan fingerprint density at radius 2 is 2.09 bits per heavy atom. The molecule has 0 saturated carbocycles. The molecule has 116 valence electrons. The van der Waals surface area contributed by atoms with E-state index in [1.807, 2.05) is 0 Å². The van der Waals surface area contributed by atoms with Crippen LogP contribution in [0.4, 0.5) is 4.39 Å². The monoisotopic (exact) mass is 322 g/mol. The van der Waals surface area contributed by atoms with Crippen LogP contribution >= 0.6 is 11.8 Å². The highest BCUT2D eigenvalue weighted by molar-refractivity contribution is 8.15. The van der Waals surface area contributed by atoms with Gasteiger partial charge in [0.05, 0.1) is 11.0 Å². The van der Waals surface area contributed by atoms with Gasteiger partial charge in [-0.3, -0.25) is 9.59 Å². The van der Waals surface area contributed by atoms with Gasteiger partial charge in [-0.25, -0.2) is 4.39 Å². The van der Waals surface area contributed by atoms with E-state index in [0.717, 1.165) is 17.3 Å². The van der Waals surface area contributed by atoms with Crippen LogP contribution in [0.25, 0.3) is 0 Å². The van der Waals surface area contributed by atoms with Crippen LogP contribution in [-0.2, 0) is 9.59 Å². The quantitative estimate of drug-likeness (QED) is 0.649. The Morgan fingerprint density at radius 1 is 1.41 bits per heavy atom. The van der Waals surface area contributed by atoms with E-state index in [4.69, 9.17) is 0 Å². The molecule has 2 N–H and O–H groups in total. The Morgan fingerprint density at radius 3 is 2.73 bits per heavy atom. The normalized spacial score (nSPS) is 20.7. The van der Waals surface area contributed by atoms with Gasteiger partial charge in [-0.1, -0.05) is 23.9 Å². The predicted octanol–water partition coefficient (Wildman–Crippen LogP) is 1.27. The largest absolute Gasteiger partial charge is 0.358 e. The smallest absolute Gasteiger partial charge is 0.233 e. The van der Waals surface area contributed by atoms with Crippen LogP contribution in [-0.4, -0.2) is 35.0 Å². The lowest BCUT2D eigenvalue weighted by molar-refractivity contribution is -0.125. The van der Waals surface area contributed by atoms with E-state index in [-0.39, 0.29) is 29.2 Å². The van der Waals surface area contributed by atoms with Gasteiger partial charge >= 0.3 is 0 Å². The van der Waals surface area contributed by atoms with Crippen LogP contribution in [0.15, 0.2) is 34.5 Å². The first kappa shape index (κ1) is 16.2. The maximum atomic E-state index is 12.9. The number of rotatable bonds is 3. The van der Waals surface area contributed by atoms with E-state index in [1.165, 1.54) is 19.2 Å². The van der Waals surface area contributed by atoms with Gasteiger partial charge < -0.3 is 10.6 Å². The number of thioether (sulfide) groups is 1. The summed E-state index contributed by atoms with van der Waals surface area (Å²) in [4.78, 5) is 23.2. The highest BCUT2D eigenvalue weighted by Gasteiger charge is 2.29. The van der Waals surface area contributed by atoms with E-state index in [1.54, 1.807) is 19.1 Å². The highest BCUT2D eigenvalue weighted by atomic mass is 32.2. The Labute approximate surface area is 131 Å². The third-order valence-corrected chi connectivity index (χ3v) is 4.03. The summed E-state index contributed by atoms with van der Waals surface area (Å²) in [5, 5.41) is 12.8. The van der Waals surface area contributed by atoms with Crippen molar-refractivity contribution in [1.82, 2.24) is 10.6 Å². The van der Waals surface area contributed by atoms with Gasteiger partial charge in [0.25, 0.3) is 0 Å². The molecule has 0 aliphatic carbocycles. The summed E-state index contributed by atoms with van der Waals surface area (Å²) in [6, 6.07) is 5.85. The Balaban J connectivity index is 2.13. The van der Waals surface area contributed by atoms with Crippen molar-refractivity contribution < 1.29 is 14.0 Å². The van der Waals surface area contributed by atoms with Crippen molar-refractivity contribution in [2.45, 2.75) is 18.6 Å². The molecular weight excluding hydrogens is 307 g/mol. The second-order valence-corrected chi connectivity index (χ2v) is 5.76. The van der Waals surface area contributed by atoms with E-state index in [9.17, 15) is 14.0 Å². The van der Waals surface area contributed by atoms with Crippen molar-refractivity contribution in [1.29, 1.82) is 0 Å². The maximum absolute atomic E-state index is 12.9. The van der Waals surface area contributed by atoms with Crippen LogP contribution in [0, 0.1) is 5.82 Å². The number of nitrogens with one attached hydrogen (secondary N) is 2. The fraction of sp³-hybridized carbons (Fsp3) is 0.286. The van der Waals surface area contributed by atoms with Crippen molar-refractivity contribution in [2.24, 2.45) is 10.2 Å². The molecule has 1 saturated heterocycles. The fourth-order valence-electron chi connectivity index (χ4n) is 1.77. The zero-order chi connectivity index (χ0) is 16.1. The second kappa shape index (κ2) is 7.17. The maximum Gasteiger partial charge on any atom is 0.233 e. The van der Waals surface area contributed by atoms with Crippen LogP contribution in [0.5, 0.6) is 0 Å². The lowest BCUT2D eigenvalue weighted by Crippen LogP contribution is -2.43. The minimum atomic E-state index is -0.515. The van der Waals surface area contributed by atoms with Gasteiger partial charge in [0.2, 0.25) is 11.8 Å². The number of hydrogen-bond donors (Lipinski definition) is 2. The SMILES string of the molecule is CNC(=O)[C@@H]1CC(=O)N/C(=N/N=C(/C)c2ccc(F)cc2)S1. The number of carbonyl (C=O) groups excluding carboxylic acids is 2. The molecule has 2 amide bonds. The van der Waals surface area contributed by atoms with Crippen LogP contribution < -0.4 is 10.6 Å². The van der Waals surface area contributed by atoms with Gasteiger partial charge in [-0.05, 0) is 24.6 Å². The number of benzene rings is 1. The summed E-state index contributed by atoms with van der Waals surface area (Å²) in [5.41, 5.74) is 1.30. The zero-order valence-electron chi connectivity index (χ0n) is 12.1.